The molecule has 0 saturated heterocycles. The summed E-state index contributed by atoms with van der Waals surface area (Å²) in [4.78, 5) is 3.49. The first-order chi connectivity index (χ1) is 6.75. The van der Waals surface area contributed by atoms with Crippen molar-refractivity contribution in [3.05, 3.63) is 19.8 Å². The maximum absolute atomic E-state index is 12.6. The van der Waals surface area contributed by atoms with Crippen molar-refractivity contribution in [3.63, 3.8) is 0 Å². The van der Waals surface area contributed by atoms with Crippen molar-refractivity contribution in [2.24, 2.45) is 5.14 Å². The summed E-state index contributed by atoms with van der Waals surface area (Å²) in [5, 5.41) is 4.28. The molecule has 0 aliphatic carbocycles. The molecule has 0 aliphatic heterocycles. The predicted molar refractivity (Wildman–Crippen MR) is 61.0 cm³/mol. The molecule has 2 N–H and O–H groups in total. The average molecular weight is 413 g/mol. The van der Waals surface area contributed by atoms with Gasteiger partial charge in [-0.3, -0.25) is 0 Å². The number of primary sulfonamides is 1. The van der Waals surface area contributed by atoms with E-state index in [2.05, 4.69) is 20.9 Å². The molecular weight excluding hydrogens is 409 g/mol. The summed E-state index contributed by atoms with van der Waals surface area (Å²) in [5.41, 5.74) is -0.422. The topological polar surface area (TPSA) is 73.1 Å². The van der Waals surface area contributed by atoms with Gasteiger partial charge in [0.25, 0.3) is 16.4 Å². The molecule has 4 nitrogen and oxygen atoms in total. The van der Waals surface area contributed by atoms with Gasteiger partial charge in [-0.1, -0.05) is 0 Å². The van der Waals surface area contributed by atoms with Crippen molar-refractivity contribution < 1.29 is 17.2 Å². The highest BCUT2D eigenvalue weighted by atomic mass is 127. The standard InChI is InChI=1S/C6H4BrF2IN2O2S/c7-2-1-12-6(15(11,13)14)4(10)3(2)5(8)9/h1,5H,(H2,11,13,14). The zero-order chi connectivity index (χ0) is 11.8. The van der Waals surface area contributed by atoms with Crippen LogP contribution in [-0.4, -0.2) is 13.4 Å². The fourth-order valence-corrected chi connectivity index (χ4v) is 3.85. The SMILES string of the molecule is NS(=O)(=O)c1ncc(Br)c(C(F)F)c1I. The second kappa shape index (κ2) is 4.55. The maximum atomic E-state index is 12.6. The average Bonchev–Trinajstić information content (AvgIpc) is 2.00. The molecular formula is C6H4BrF2IN2O2S. The van der Waals surface area contributed by atoms with Crippen molar-refractivity contribution in [1.29, 1.82) is 0 Å². The Hall–Kier alpha value is 0.130. The molecule has 0 saturated carbocycles. The number of hydrogen-bond acceptors (Lipinski definition) is 3. The van der Waals surface area contributed by atoms with E-state index in [1.807, 2.05) is 0 Å². The number of alkyl halides is 2. The molecule has 0 atom stereocenters. The molecule has 1 rings (SSSR count). The Labute approximate surface area is 107 Å². The lowest BCUT2D eigenvalue weighted by atomic mass is 10.3. The van der Waals surface area contributed by atoms with Gasteiger partial charge in [0.2, 0.25) is 0 Å². The summed E-state index contributed by atoms with van der Waals surface area (Å²) in [6.45, 7) is 0. The third-order valence-corrected chi connectivity index (χ3v) is 4.40. The van der Waals surface area contributed by atoms with Gasteiger partial charge in [-0.2, -0.15) is 0 Å². The summed E-state index contributed by atoms with van der Waals surface area (Å²) in [6, 6.07) is 0. The number of aromatic nitrogens is 1. The highest BCUT2D eigenvalue weighted by Gasteiger charge is 2.24. The fraction of sp³-hybridized carbons (Fsp3) is 0.167. The van der Waals surface area contributed by atoms with Crippen LogP contribution in [0.3, 0.4) is 0 Å². The summed E-state index contributed by atoms with van der Waals surface area (Å²) >= 11 is 4.34. The Morgan fingerprint density at radius 2 is 2.07 bits per heavy atom. The summed E-state index contributed by atoms with van der Waals surface area (Å²) in [7, 11) is -4.08. The maximum Gasteiger partial charge on any atom is 0.266 e. The summed E-state index contributed by atoms with van der Waals surface area (Å²) in [6.07, 6.45) is -1.81. The van der Waals surface area contributed by atoms with Crippen LogP contribution in [0.25, 0.3) is 0 Å². The van der Waals surface area contributed by atoms with E-state index in [0.29, 0.717) is 0 Å². The van der Waals surface area contributed by atoms with Gasteiger partial charge < -0.3 is 0 Å². The van der Waals surface area contributed by atoms with Gasteiger partial charge in [-0.25, -0.2) is 27.3 Å². The molecule has 0 bridgehead atoms. The van der Waals surface area contributed by atoms with E-state index in [9.17, 15) is 17.2 Å². The van der Waals surface area contributed by atoms with E-state index in [0.717, 1.165) is 6.20 Å². The zero-order valence-electron chi connectivity index (χ0n) is 6.92. The van der Waals surface area contributed by atoms with Gasteiger partial charge in [-0.15, -0.1) is 0 Å². The molecule has 0 unspecified atom stereocenters. The van der Waals surface area contributed by atoms with Crippen molar-refractivity contribution in [2.75, 3.05) is 0 Å². The van der Waals surface area contributed by atoms with Crippen LogP contribution in [0.2, 0.25) is 0 Å². The largest absolute Gasteiger partial charge is 0.266 e. The van der Waals surface area contributed by atoms with Gasteiger partial charge >= 0.3 is 0 Å². The van der Waals surface area contributed by atoms with E-state index >= 15 is 0 Å². The number of hydrogen-bond donors (Lipinski definition) is 1. The third-order valence-electron chi connectivity index (χ3n) is 1.46. The number of sulfonamides is 1. The molecule has 1 heterocycles. The molecule has 0 amide bonds. The molecule has 0 fully saturated rings. The zero-order valence-corrected chi connectivity index (χ0v) is 11.5. The monoisotopic (exact) mass is 412 g/mol. The fourth-order valence-electron chi connectivity index (χ4n) is 0.860. The molecule has 0 spiro atoms. The van der Waals surface area contributed by atoms with Crippen LogP contribution in [0.1, 0.15) is 12.0 Å². The van der Waals surface area contributed by atoms with E-state index in [4.69, 9.17) is 5.14 Å². The molecule has 84 valence electrons. The second-order valence-corrected chi connectivity index (χ2v) is 5.89. The molecule has 1 aromatic heterocycles. The smallest absolute Gasteiger partial charge is 0.241 e. The first kappa shape index (κ1) is 13.2. The number of rotatable bonds is 2. The highest BCUT2D eigenvalue weighted by molar-refractivity contribution is 14.1. The van der Waals surface area contributed by atoms with Crippen LogP contribution in [0.15, 0.2) is 15.7 Å². The quantitative estimate of drug-likeness (QED) is 0.755. The lowest BCUT2D eigenvalue weighted by molar-refractivity contribution is 0.149. The molecule has 9 heteroatoms. The second-order valence-electron chi connectivity index (χ2n) is 2.48. The van der Waals surface area contributed by atoms with Crippen molar-refractivity contribution in [2.45, 2.75) is 11.5 Å². The van der Waals surface area contributed by atoms with Crippen LogP contribution in [0.4, 0.5) is 8.78 Å². The molecule has 15 heavy (non-hydrogen) atoms. The minimum absolute atomic E-state index is 0.0503. The normalized spacial score (nSPS) is 12.1. The Morgan fingerprint density at radius 3 is 2.47 bits per heavy atom. The first-order valence-electron chi connectivity index (χ1n) is 3.40. The highest BCUT2D eigenvalue weighted by Crippen LogP contribution is 2.33. The van der Waals surface area contributed by atoms with Gasteiger partial charge in [0, 0.05) is 16.2 Å². The molecule has 0 aromatic carbocycles. The Balaban J connectivity index is 3.56. The molecule has 1 aromatic rings. The number of nitrogens with two attached hydrogens (primary N) is 1. The minimum Gasteiger partial charge on any atom is -0.241 e. The number of halogens is 4. The van der Waals surface area contributed by atoms with Crippen LogP contribution < -0.4 is 5.14 Å². The number of nitrogens with zero attached hydrogens (tertiary/aromatic N) is 1. The minimum atomic E-state index is -4.08. The Morgan fingerprint density at radius 1 is 1.53 bits per heavy atom. The van der Waals surface area contributed by atoms with Crippen molar-refractivity contribution in [3.8, 4) is 0 Å². The van der Waals surface area contributed by atoms with Crippen molar-refractivity contribution in [1.82, 2.24) is 4.98 Å². The van der Waals surface area contributed by atoms with E-state index in [-0.39, 0.29) is 8.04 Å². The van der Waals surface area contributed by atoms with Crippen LogP contribution >= 0.6 is 38.5 Å². The van der Waals surface area contributed by atoms with Crippen LogP contribution in [0, 0.1) is 3.57 Å². The third kappa shape index (κ3) is 2.82. The van der Waals surface area contributed by atoms with Crippen LogP contribution in [-0.2, 0) is 10.0 Å². The van der Waals surface area contributed by atoms with Gasteiger partial charge in [-0.05, 0) is 38.5 Å². The summed E-state index contributed by atoms with van der Waals surface area (Å²) < 4.78 is 47.0. The summed E-state index contributed by atoms with van der Waals surface area (Å²) in [5.74, 6) is 0. The van der Waals surface area contributed by atoms with E-state index in [1.165, 1.54) is 22.6 Å². The van der Waals surface area contributed by atoms with Gasteiger partial charge in [0.05, 0.1) is 3.57 Å². The molecule has 0 aliphatic rings. The van der Waals surface area contributed by atoms with Crippen LogP contribution in [0.5, 0.6) is 0 Å². The van der Waals surface area contributed by atoms with E-state index in [1.54, 1.807) is 0 Å². The van der Waals surface area contributed by atoms with Gasteiger partial charge in [0.15, 0.2) is 5.03 Å². The lowest BCUT2D eigenvalue weighted by Gasteiger charge is -2.08. The first-order valence-corrected chi connectivity index (χ1v) is 6.81. The predicted octanol–water partition coefficient (Wildman–Crippen LogP) is 2.03. The Kier molecular flexibility index (Phi) is 4.01. The molecule has 0 radical (unpaired) electrons. The van der Waals surface area contributed by atoms with Gasteiger partial charge in [0.1, 0.15) is 0 Å². The lowest BCUT2D eigenvalue weighted by Crippen LogP contribution is -2.17. The van der Waals surface area contributed by atoms with Crippen molar-refractivity contribution >= 4 is 48.5 Å². The van der Waals surface area contributed by atoms with E-state index < -0.39 is 27.0 Å². The number of pyridine rings is 1. The Bertz CT molecular complexity index is 494.